The summed E-state index contributed by atoms with van der Waals surface area (Å²) in [4.78, 5) is 20.5. The van der Waals surface area contributed by atoms with Crippen molar-refractivity contribution in [3.63, 3.8) is 0 Å². The Bertz CT molecular complexity index is 896. The van der Waals surface area contributed by atoms with Crippen LogP contribution >= 0.6 is 0 Å². The standard InChI is InChI=1S/C22H25F3N4O/c23-22(24,25)18-7-5-10-26-20(18)29-13-9-17(15-29)21(30)27-14-16-6-1-2-8-19(16)28-11-3-4-12-28/h1-2,5-8,10,17H,3-4,9,11-15H2,(H,27,30)/t17-/m1/s1. The van der Waals surface area contributed by atoms with Gasteiger partial charge in [-0.25, -0.2) is 4.98 Å². The van der Waals surface area contributed by atoms with E-state index in [0.717, 1.165) is 30.4 Å². The largest absolute Gasteiger partial charge is 0.419 e. The first-order valence-corrected chi connectivity index (χ1v) is 10.3. The molecule has 2 fully saturated rings. The highest BCUT2D eigenvalue weighted by Gasteiger charge is 2.38. The molecule has 0 bridgehead atoms. The van der Waals surface area contributed by atoms with Crippen LogP contribution in [-0.2, 0) is 17.5 Å². The maximum absolute atomic E-state index is 13.3. The van der Waals surface area contributed by atoms with Crippen LogP contribution in [0.15, 0.2) is 42.6 Å². The predicted octanol–water partition coefficient (Wildman–Crippen LogP) is 3.84. The van der Waals surface area contributed by atoms with Crippen LogP contribution in [0.1, 0.15) is 30.4 Å². The fraction of sp³-hybridized carbons (Fsp3) is 0.455. The summed E-state index contributed by atoms with van der Waals surface area (Å²) in [6.45, 7) is 3.07. The average Bonchev–Trinajstić information content (AvgIpc) is 3.44. The van der Waals surface area contributed by atoms with Gasteiger partial charge >= 0.3 is 6.18 Å². The number of anilines is 2. The highest BCUT2D eigenvalue weighted by atomic mass is 19.4. The zero-order valence-corrected chi connectivity index (χ0v) is 16.7. The van der Waals surface area contributed by atoms with Crippen LogP contribution in [0.25, 0.3) is 0 Å². The molecule has 0 aliphatic carbocycles. The number of hydrogen-bond donors (Lipinski definition) is 1. The second-order valence-corrected chi connectivity index (χ2v) is 7.84. The Morgan fingerprint density at radius 3 is 2.60 bits per heavy atom. The molecule has 160 valence electrons. The number of nitrogens with one attached hydrogen (secondary N) is 1. The molecular weight excluding hydrogens is 393 g/mol. The van der Waals surface area contributed by atoms with Gasteiger partial charge < -0.3 is 15.1 Å². The van der Waals surface area contributed by atoms with Gasteiger partial charge in [0.15, 0.2) is 0 Å². The fourth-order valence-electron chi connectivity index (χ4n) is 4.29. The molecule has 1 atom stereocenters. The molecule has 0 saturated carbocycles. The summed E-state index contributed by atoms with van der Waals surface area (Å²) in [6, 6.07) is 10.4. The Morgan fingerprint density at radius 2 is 1.83 bits per heavy atom. The van der Waals surface area contributed by atoms with E-state index < -0.39 is 11.7 Å². The quantitative estimate of drug-likeness (QED) is 0.802. The number of para-hydroxylation sites is 1. The molecule has 0 radical (unpaired) electrons. The molecule has 3 heterocycles. The number of carbonyl (C=O) groups excluding carboxylic acids is 1. The summed E-state index contributed by atoms with van der Waals surface area (Å²) in [5.74, 6) is -0.579. The third kappa shape index (κ3) is 4.37. The van der Waals surface area contributed by atoms with Crippen LogP contribution in [0.4, 0.5) is 24.7 Å². The molecule has 2 aliphatic rings. The molecule has 0 unspecified atom stereocenters. The molecule has 5 nitrogen and oxygen atoms in total. The van der Waals surface area contributed by atoms with Crippen LogP contribution in [-0.4, -0.2) is 37.1 Å². The minimum atomic E-state index is -4.47. The van der Waals surface area contributed by atoms with Gasteiger partial charge in [0.05, 0.1) is 11.5 Å². The van der Waals surface area contributed by atoms with Crippen LogP contribution in [0.3, 0.4) is 0 Å². The summed E-state index contributed by atoms with van der Waals surface area (Å²) >= 11 is 0. The Hall–Kier alpha value is -2.77. The van der Waals surface area contributed by atoms with E-state index >= 15 is 0 Å². The molecule has 1 N–H and O–H groups in total. The lowest BCUT2D eigenvalue weighted by atomic mass is 10.1. The Morgan fingerprint density at radius 1 is 1.07 bits per heavy atom. The van der Waals surface area contributed by atoms with E-state index in [1.54, 1.807) is 4.90 Å². The van der Waals surface area contributed by atoms with E-state index in [4.69, 9.17) is 0 Å². The number of nitrogens with zero attached hydrogens (tertiary/aromatic N) is 3. The second-order valence-electron chi connectivity index (χ2n) is 7.84. The van der Waals surface area contributed by atoms with Gasteiger partial charge in [0.1, 0.15) is 5.82 Å². The Kier molecular flexibility index (Phi) is 5.83. The maximum Gasteiger partial charge on any atom is 0.419 e. The zero-order chi connectivity index (χ0) is 21.1. The topological polar surface area (TPSA) is 48.5 Å². The fourth-order valence-corrected chi connectivity index (χ4v) is 4.29. The molecule has 1 amide bonds. The van der Waals surface area contributed by atoms with Gasteiger partial charge in [0.25, 0.3) is 0 Å². The van der Waals surface area contributed by atoms with Gasteiger partial charge in [-0.15, -0.1) is 0 Å². The van der Waals surface area contributed by atoms with E-state index in [-0.39, 0.29) is 24.2 Å². The van der Waals surface area contributed by atoms with Crippen molar-refractivity contribution in [1.82, 2.24) is 10.3 Å². The average molecular weight is 418 g/mol. The predicted molar refractivity (Wildman–Crippen MR) is 109 cm³/mol. The van der Waals surface area contributed by atoms with Gasteiger partial charge in [-0.2, -0.15) is 13.2 Å². The highest BCUT2D eigenvalue weighted by molar-refractivity contribution is 5.80. The number of benzene rings is 1. The van der Waals surface area contributed by atoms with E-state index in [1.807, 2.05) is 18.2 Å². The number of aromatic nitrogens is 1. The number of amides is 1. The molecular formula is C22H25F3N4O. The van der Waals surface area contributed by atoms with Gasteiger partial charge in [-0.3, -0.25) is 4.79 Å². The number of rotatable bonds is 5. The summed E-state index contributed by atoms with van der Waals surface area (Å²) in [7, 11) is 0. The molecule has 4 rings (SSSR count). The third-order valence-corrected chi connectivity index (χ3v) is 5.84. The normalized spacial score (nSPS) is 19.4. The van der Waals surface area contributed by atoms with E-state index in [1.165, 1.54) is 25.1 Å². The second kappa shape index (κ2) is 8.53. The van der Waals surface area contributed by atoms with E-state index in [0.29, 0.717) is 19.5 Å². The van der Waals surface area contributed by atoms with E-state index in [2.05, 4.69) is 21.3 Å². The molecule has 2 aliphatic heterocycles. The minimum Gasteiger partial charge on any atom is -0.371 e. The summed E-state index contributed by atoms with van der Waals surface area (Å²) in [6.07, 6.45) is -0.262. The van der Waals surface area contributed by atoms with Crippen molar-refractivity contribution in [2.45, 2.75) is 32.0 Å². The molecule has 1 aromatic carbocycles. The lowest BCUT2D eigenvalue weighted by Crippen LogP contribution is -2.33. The lowest BCUT2D eigenvalue weighted by Gasteiger charge is -2.22. The van der Waals surface area contributed by atoms with Gasteiger partial charge in [0.2, 0.25) is 5.91 Å². The number of pyridine rings is 1. The van der Waals surface area contributed by atoms with Crippen molar-refractivity contribution in [1.29, 1.82) is 0 Å². The van der Waals surface area contributed by atoms with Gasteiger partial charge in [-0.05, 0) is 43.0 Å². The van der Waals surface area contributed by atoms with Crippen molar-refractivity contribution in [2.24, 2.45) is 5.92 Å². The third-order valence-electron chi connectivity index (χ3n) is 5.84. The number of hydrogen-bond acceptors (Lipinski definition) is 4. The Labute approximate surface area is 173 Å². The first-order valence-electron chi connectivity index (χ1n) is 10.3. The van der Waals surface area contributed by atoms with Crippen LogP contribution < -0.4 is 15.1 Å². The van der Waals surface area contributed by atoms with Crippen LogP contribution in [0.2, 0.25) is 0 Å². The van der Waals surface area contributed by atoms with Crippen molar-refractivity contribution >= 4 is 17.4 Å². The first kappa shape index (κ1) is 20.5. The smallest absolute Gasteiger partial charge is 0.371 e. The van der Waals surface area contributed by atoms with Crippen molar-refractivity contribution in [3.05, 3.63) is 53.7 Å². The number of halogens is 3. The molecule has 2 aromatic rings. The molecule has 0 spiro atoms. The Balaban J connectivity index is 1.39. The molecule has 8 heteroatoms. The molecule has 1 aromatic heterocycles. The van der Waals surface area contributed by atoms with E-state index in [9.17, 15) is 18.0 Å². The summed E-state index contributed by atoms with van der Waals surface area (Å²) in [5, 5.41) is 2.99. The monoisotopic (exact) mass is 418 g/mol. The summed E-state index contributed by atoms with van der Waals surface area (Å²) < 4.78 is 39.8. The van der Waals surface area contributed by atoms with Crippen molar-refractivity contribution < 1.29 is 18.0 Å². The minimum absolute atomic E-state index is 0.0975. The van der Waals surface area contributed by atoms with Crippen molar-refractivity contribution in [2.75, 3.05) is 36.0 Å². The highest BCUT2D eigenvalue weighted by Crippen LogP contribution is 2.36. The molecule has 2 saturated heterocycles. The maximum atomic E-state index is 13.3. The first-order chi connectivity index (χ1) is 14.4. The van der Waals surface area contributed by atoms with Gasteiger partial charge in [-0.1, -0.05) is 18.2 Å². The number of carbonyl (C=O) groups is 1. The van der Waals surface area contributed by atoms with Crippen LogP contribution in [0, 0.1) is 5.92 Å². The zero-order valence-electron chi connectivity index (χ0n) is 16.7. The lowest BCUT2D eigenvalue weighted by molar-refractivity contribution is -0.137. The summed E-state index contributed by atoms with van der Waals surface area (Å²) in [5.41, 5.74) is 1.45. The SMILES string of the molecule is O=C(NCc1ccccc1N1CCCC1)[C@@H]1CCN(c2ncccc2C(F)(F)F)C1. The van der Waals surface area contributed by atoms with Crippen LogP contribution in [0.5, 0.6) is 0 Å². The van der Waals surface area contributed by atoms with Gasteiger partial charge in [0, 0.05) is 44.6 Å². The van der Waals surface area contributed by atoms with Crippen molar-refractivity contribution in [3.8, 4) is 0 Å². The number of alkyl halides is 3. The molecule has 30 heavy (non-hydrogen) atoms.